The molecule has 0 fully saturated rings. The van der Waals surface area contributed by atoms with Crippen LogP contribution in [0.15, 0.2) is 77.0 Å². The van der Waals surface area contributed by atoms with Gasteiger partial charge in [-0.1, -0.05) is 41.9 Å². The third-order valence-electron chi connectivity index (χ3n) is 5.75. The Morgan fingerprint density at radius 3 is 2.41 bits per heavy atom. The number of anilines is 2. The van der Waals surface area contributed by atoms with E-state index >= 15 is 0 Å². The SMILES string of the molecule is CNc1nc(-c2ccc(OC)c(NC(=O)CN(Cc3ccccc3)S(=O)(=O)c3cc(Cl)ccc3OC)c2)cs1. The zero-order valence-electron chi connectivity index (χ0n) is 21.5. The van der Waals surface area contributed by atoms with Gasteiger partial charge in [0, 0.05) is 29.6 Å². The number of sulfonamides is 1. The van der Waals surface area contributed by atoms with Gasteiger partial charge in [-0.25, -0.2) is 13.4 Å². The van der Waals surface area contributed by atoms with E-state index in [1.54, 1.807) is 43.4 Å². The average Bonchev–Trinajstić information content (AvgIpc) is 3.43. The molecule has 0 saturated heterocycles. The van der Waals surface area contributed by atoms with E-state index < -0.39 is 22.5 Å². The van der Waals surface area contributed by atoms with E-state index in [1.165, 1.54) is 43.8 Å². The van der Waals surface area contributed by atoms with Crippen LogP contribution >= 0.6 is 22.9 Å². The Balaban J connectivity index is 1.65. The number of ether oxygens (including phenoxy) is 2. The zero-order valence-corrected chi connectivity index (χ0v) is 23.9. The normalized spacial score (nSPS) is 11.3. The highest BCUT2D eigenvalue weighted by Gasteiger charge is 2.30. The predicted molar refractivity (Wildman–Crippen MR) is 154 cm³/mol. The molecule has 0 unspecified atom stereocenters. The number of aromatic nitrogens is 1. The molecule has 0 radical (unpaired) electrons. The number of halogens is 1. The van der Waals surface area contributed by atoms with Crippen LogP contribution < -0.4 is 20.1 Å². The summed E-state index contributed by atoms with van der Waals surface area (Å²) in [7, 11) is 0.448. The number of hydrogen-bond acceptors (Lipinski definition) is 8. The largest absolute Gasteiger partial charge is 0.495 e. The fourth-order valence-electron chi connectivity index (χ4n) is 3.84. The molecule has 12 heteroatoms. The summed E-state index contributed by atoms with van der Waals surface area (Å²) < 4.78 is 39.5. The van der Waals surface area contributed by atoms with Crippen molar-refractivity contribution in [3.63, 3.8) is 0 Å². The Bertz CT molecular complexity index is 1560. The summed E-state index contributed by atoms with van der Waals surface area (Å²) >= 11 is 7.58. The summed E-state index contributed by atoms with van der Waals surface area (Å²) in [5.41, 5.74) is 2.58. The molecule has 0 aliphatic heterocycles. The average molecular weight is 587 g/mol. The lowest BCUT2D eigenvalue weighted by atomic mass is 10.1. The second kappa shape index (κ2) is 12.5. The van der Waals surface area contributed by atoms with E-state index in [9.17, 15) is 13.2 Å². The molecule has 3 aromatic carbocycles. The third-order valence-corrected chi connectivity index (χ3v) is 8.66. The van der Waals surface area contributed by atoms with Gasteiger partial charge in [-0.15, -0.1) is 11.3 Å². The van der Waals surface area contributed by atoms with Crippen LogP contribution in [0.25, 0.3) is 11.3 Å². The molecule has 1 heterocycles. The molecule has 1 aromatic heterocycles. The number of benzene rings is 3. The van der Waals surface area contributed by atoms with Crippen LogP contribution in [0.2, 0.25) is 5.02 Å². The molecular weight excluding hydrogens is 560 g/mol. The Hall–Kier alpha value is -3.64. The molecule has 204 valence electrons. The first-order valence-electron chi connectivity index (χ1n) is 11.7. The quantitative estimate of drug-likeness (QED) is 0.244. The molecule has 4 rings (SSSR count). The first-order chi connectivity index (χ1) is 18.7. The van der Waals surface area contributed by atoms with E-state index in [1.807, 2.05) is 17.5 Å². The number of nitrogens with one attached hydrogen (secondary N) is 2. The van der Waals surface area contributed by atoms with Crippen molar-refractivity contribution in [3.05, 3.63) is 82.7 Å². The highest BCUT2D eigenvalue weighted by atomic mass is 35.5. The van der Waals surface area contributed by atoms with E-state index in [4.69, 9.17) is 21.1 Å². The molecule has 0 aliphatic carbocycles. The third kappa shape index (κ3) is 6.69. The van der Waals surface area contributed by atoms with Crippen molar-refractivity contribution in [2.75, 3.05) is 38.4 Å². The van der Waals surface area contributed by atoms with Gasteiger partial charge >= 0.3 is 0 Å². The van der Waals surface area contributed by atoms with Crippen LogP contribution in [-0.4, -0.2) is 51.4 Å². The molecule has 0 bridgehead atoms. The summed E-state index contributed by atoms with van der Waals surface area (Å²) in [5, 5.41) is 8.68. The number of rotatable bonds is 11. The highest BCUT2D eigenvalue weighted by molar-refractivity contribution is 7.89. The maximum absolute atomic E-state index is 13.8. The smallest absolute Gasteiger partial charge is 0.247 e. The first-order valence-corrected chi connectivity index (χ1v) is 14.4. The molecule has 0 aliphatic rings. The van der Waals surface area contributed by atoms with Gasteiger partial charge in [0.1, 0.15) is 16.4 Å². The maximum atomic E-state index is 13.8. The number of nitrogens with zero attached hydrogens (tertiary/aromatic N) is 2. The van der Waals surface area contributed by atoms with Crippen LogP contribution in [0.1, 0.15) is 5.56 Å². The second-order valence-electron chi connectivity index (χ2n) is 8.31. The molecule has 2 N–H and O–H groups in total. The van der Waals surface area contributed by atoms with E-state index in [-0.39, 0.29) is 22.2 Å². The highest BCUT2D eigenvalue weighted by Crippen LogP contribution is 2.33. The molecule has 9 nitrogen and oxygen atoms in total. The van der Waals surface area contributed by atoms with Gasteiger partial charge in [0.25, 0.3) is 0 Å². The van der Waals surface area contributed by atoms with Gasteiger partial charge in [0.05, 0.1) is 32.1 Å². The van der Waals surface area contributed by atoms with Gasteiger partial charge in [0.15, 0.2) is 5.13 Å². The van der Waals surface area contributed by atoms with E-state index in [0.29, 0.717) is 17.0 Å². The standard InChI is InChI=1S/C27H27ClN4O5S2/c1-29-27-31-22(17-38-27)19-9-11-23(36-2)21(13-19)30-26(33)16-32(15-18-7-5-4-6-8-18)39(34,35)25-14-20(28)10-12-24(25)37-3/h4-14,17H,15-16H2,1-3H3,(H,29,31)(H,30,33). The molecule has 0 atom stereocenters. The van der Waals surface area contributed by atoms with Gasteiger partial charge in [-0.3, -0.25) is 4.79 Å². The first kappa shape index (κ1) is 28.4. The van der Waals surface area contributed by atoms with E-state index in [0.717, 1.165) is 20.7 Å². The molecule has 0 spiro atoms. The van der Waals surface area contributed by atoms with Crippen molar-refractivity contribution in [1.82, 2.24) is 9.29 Å². The Kier molecular flexibility index (Phi) is 9.08. The minimum Gasteiger partial charge on any atom is -0.495 e. The number of carbonyl (C=O) groups excluding carboxylic acids is 1. The lowest BCUT2D eigenvalue weighted by Gasteiger charge is -2.23. The van der Waals surface area contributed by atoms with Crippen molar-refractivity contribution in [2.24, 2.45) is 0 Å². The van der Waals surface area contributed by atoms with Crippen molar-refractivity contribution in [2.45, 2.75) is 11.4 Å². The lowest BCUT2D eigenvalue weighted by molar-refractivity contribution is -0.116. The van der Waals surface area contributed by atoms with Crippen molar-refractivity contribution in [3.8, 4) is 22.8 Å². The zero-order chi connectivity index (χ0) is 28.0. The van der Waals surface area contributed by atoms with Crippen LogP contribution in [0, 0.1) is 0 Å². The van der Waals surface area contributed by atoms with Gasteiger partial charge in [-0.05, 0) is 42.0 Å². The fraction of sp³-hybridized carbons (Fsp3) is 0.185. The summed E-state index contributed by atoms with van der Waals surface area (Å²) in [6, 6.07) is 18.6. The molecular formula is C27H27ClN4O5S2. The van der Waals surface area contributed by atoms with Crippen LogP contribution in [0.3, 0.4) is 0 Å². The lowest BCUT2D eigenvalue weighted by Crippen LogP contribution is -2.37. The molecule has 4 aromatic rings. The summed E-state index contributed by atoms with van der Waals surface area (Å²) in [6.07, 6.45) is 0. The van der Waals surface area contributed by atoms with Crippen LogP contribution in [0.5, 0.6) is 11.5 Å². The fourth-order valence-corrected chi connectivity index (χ4v) is 6.32. The van der Waals surface area contributed by atoms with Crippen molar-refractivity contribution < 1.29 is 22.7 Å². The summed E-state index contributed by atoms with van der Waals surface area (Å²) in [4.78, 5) is 17.7. The number of carbonyl (C=O) groups is 1. The number of amides is 1. The minimum atomic E-state index is -4.20. The Morgan fingerprint density at radius 2 is 1.74 bits per heavy atom. The molecule has 0 saturated carbocycles. The van der Waals surface area contributed by atoms with Crippen molar-refractivity contribution in [1.29, 1.82) is 0 Å². The van der Waals surface area contributed by atoms with Crippen LogP contribution in [0.4, 0.5) is 10.8 Å². The molecule has 39 heavy (non-hydrogen) atoms. The molecule has 1 amide bonds. The topological polar surface area (TPSA) is 110 Å². The Labute approximate surface area is 236 Å². The number of hydrogen-bond donors (Lipinski definition) is 2. The van der Waals surface area contributed by atoms with E-state index in [2.05, 4.69) is 15.6 Å². The second-order valence-corrected chi connectivity index (χ2v) is 11.5. The number of methoxy groups -OCH3 is 2. The van der Waals surface area contributed by atoms with Gasteiger partial charge in [-0.2, -0.15) is 4.31 Å². The van der Waals surface area contributed by atoms with Crippen molar-refractivity contribution >= 4 is 49.7 Å². The van der Waals surface area contributed by atoms with Gasteiger partial charge < -0.3 is 20.1 Å². The summed E-state index contributed by atoms with van der Waals surface area (Å²) in [6.45, 7) is -0.518. The monoisotopic (exact) mass is 586 g/mol. The van der Waals surface area contributed by atoms with Gasteiger partial charge in [0.2, 0.25) is 15.9 Å². The number of thiazole rings is 1. The minimum absolute atomic E-state index is 0.0466. The predicted octanol–water partition coefficient (Wildman–Crippen LogP) is 5.35. The van der Waals surface area contributed by atoms with Crippen LogP contribution in [-0.2, 0) is 21.4 Å². The Morgan fingerprint density at radius 1 is 1.03 bits per heavy atom. The maximum Gasteiger partial charge on any atom is 0.247 e. The summed E-state index contributed by atoms with van der Waals surface area (Å²) in [5.74, 6) is -0.0123.